The molecule has 1 saturated heterocycles. The molecule has 0 radical (unpaired) electrons. The van der Waals surface area contributed by atoms with Gasteiger partial charge in [-0.2, -0.15) is 0 Å². The summed E-state index contributed by atoms with van der Waals surface area (Å²) in [6, 6.07) is 0. The molecule has 0 aromatic rings. The van der Waals surface area contributed by atoms with Crippen LogP contribution < -0.4 is 0 Å². The number of hydrogen-bond donors (Lipinski definition) is 0. The second kappa shape index (κ2) is 5.20. The lowest BCUT2D eigenvalue weighted by Gasteiger charge is -2.25. The average molecular weight is 170 g/mol. The average Bonchev–Trinajstić information content (AvgIpc) is 1.92. The van der Waals surface area contributed by atoms with Gasteiger partial charge in [0.15, 0.2) is 0 Å². The molecule has 2 heteroatoms. The van der Waals surface area contributed by atoms with Crippen LogP contribution in [-0.2, 0) is 9.47 Å². The fourth-order valence-electron chi connectivity index (χ4n) is 0.992. The minimum atomic E-state index is 0.470. The first kappa shape index (κ1) is 9.59. The van der Waals surface area contributed by atoms with E-state index in [9.17, 15) is 0 Å². The minimum Gasteiger partial charge on any atom is -0.501 e. The van der Waals surface area contributed by atoms with Crippen molar-refractivity contribution >= 4 is 0 Å². The molecule has 1 atom stereocenters. The summed E-state index contributed by atoms with van der Waals surface area (Å²) < 4.78 is 10.5. The predicted octanol–water partition coefficient (Wildman–Crippen LogP) is 2.35. The maximum absolute atomic E-state index is 5.29. The highest BCUT2D eigenvalue weighted by atomic mass is 16.5. The Bertz CT molecular complexity index is 137. The topological polar surface area (TPSA) is 18.5 Å². The van der Waals surface area contributed by atoms with Crippen LogP contribution in [-0.4, -0.2) is 19.3 Å². The molecule has 1 rings (SSSR count). The number of rotatable bonds is 5. The third-order valence-electron chi connectivity index (χ3n) is 1.91. The van der Waals surface area contributed by atoms with Crippen molar-refractivity contribution in [2.75, 3.05) is 13.2 Å². The van der Waals surface area contributed by atoms with Crippen molar-refractivity contribution in [2.45, 2.75) is 32.8 Å². The third kappa shape index (κ3) is 3.77. The standard InChI is InChI=1S/C10H18O2/c1-9(2)3-6-11-7-4-10-5-8-12-10/h3,6,9-10H,4-5,7-8H2,1-2H3. The summed E-state index contributed by atoms with van der Waals surface area (Å²) in [6.45, 7) is 5.99. The Hall–Kier alpha value is -0.500. The van der Waals surface area contributed by atoms with Crippen molar-refractivity contribution in [1.82, 2.24) is 0 Å². The van der Waals surface area contributed by atoms with Gasteiger partial charge in [0.1, 0.15) is 0 Å². The van der Waals surface area contributed by atoms with Gasteiger partial charge >= 0.3 is 0 Å². The fraction of sp³-hybridized carbons (Fsp3) is 0.800. The van der Waals surface area contributed by atoms with E-state index in [1.54, 1.807) is 6.26 Å². The molecular weight excluding hydrogens is 152 g/mol. The molecule has 0 aromatic heterocycles. The summed E-state index contributed by atoms with van der Waals surface area (Å²) in [4.78, 5) is 0. The van der Waals surface area contributed by atoms with E-state index in [2.05, 4.69) is 19.9 Å². The maximum atomic E-state index is 5.29. The van der Waals surface area contributed by atoms with E-state index < -0.39 is 0 Å². The van der Waals surface area contributed by atoms with Crippen LogP contribution >= 0.6 is 0 Å². The van der Waals surface area contributed by atoms with Gasteiger partial charge in [0.2, 0.25) is 0 Å². The maximum Gasteiger partial charge on any atom is 0.0897 e. The largest absolute Gasteiger partial charge is 0.501 e. The van der Waals surface area contributed by atoms with Crippen LogP contribution in [0.15, 0.2) is 12.3 Å². The Kier molecular flexibility index (Phi) is 4.15. The first-order valence-electron chi connectivity index (χ1n) is 4.69. The first-order chi connectivity index (χ1) is 5.79. The predicted molar refractivity (Wildman–Crippen MR) is 48.9 cm³/mol. The van der Waals surface area contributed by atoms with Gasteiger partial charge in [-0.1, -0.05) is 13.8 Å². The zero-order valence-electron chi connectivity index (χ0n) is 7.95. The fourth-order valence-corrected chi connectivity index (χ4v) is 0.992. The molecule has 0 saturated carbocycles. The molecule has 1 unspecified atom stereocenters. The molecule has 1 aliphatic heterocycles. The zero-order valence-corrected chi connectivity index (χ0v) is 7.95. The van der Waals surface area contributed by atoms with E-state index in [1.807, 2.05) is 0 Å². The van der Waals surface area contributed by atoms with Crippen LogP contribution in [0.3, 0.4) is 0 Å². The third-order valence-corrected chi connectivity index (χ3v) is 1.91. The van der Waals surface area contributed by atoms with Crippen LogP contribution in [0.5, 0.6) is 0 Å². The zero-order chi connectivity index (χ0) is 8.81. The van der Waals surface area contributed by atoms with Crippen LogP contribution in [0.4, 0.5) is 0 Å². The molecule has 2 nitrogen and oxygen atoms in total. The summed E-state index contributed by atoms with van der Waals surface area (Å²) in [5.41, 5.74) is 0. The van der Waals surface area contributed by atoms with E-state index in [0.29, 0.717) is 12.0 Å². The van der Waals surface area contributed by atoms with E-state index in [4.69, 9.17) is 9.47 Å². The molecule has 0 bridgehead atoms. The smallest absolute Gasteiger partial charge is 0.0897 e. The Labute approximate surface area is 74.6 Å². The molecule has 1 heterocycles. The monoisotopic (exact) mass is 170 g/mol. The molecule has 1 fully saturated rings. The SMILES string of the molecule is CC(C)C=COCCC1CCO1. The molecular formula is C10H18O2. The number of ether oxygens (including phenoxy) is 2. The van der Waals surface area contributed by atoms with Gasteiger partial charge in [-0.15, -0.1) is 0 Å². The van der Waals surface area contributed by atoms with Gasteiger partial charge in [0, 0.05) is 13.0 Å². The van der Waals surface area contributed by atoms with Crippen LogP contribution in [0.1, 0.15) is 26.7 Å². The van der Waals surface area contributed by atoms with E-state index >= 15 is 0 Å². The Balaban J connectivity index is 1.88. The van der Waals surface area contributed by atoms with Crippen molar-refractivity contribution in [1.29, 1.82) is 0 Å². The highest BCUT2D eigenvalue weighted by molar-refractivity contribution is 4.77. The second-order valence-corrected chi connectivity index (χ2v) is 3.51. The Morgan fingerprint density at radius 2 is 2.33 bits per heavy atom. The molecule has 12 heavy (non-hydrogen) atoms. The molecule has 0 spiro atoms. The van der Waals surface area contributed by atoms with E-state index in [0.717, 1.165) is 19.6 Å². The number of allylic oxidation sites excluding steroid dienone is 1. The van der Waals surface area contributed by atoms with Crippen LogP contribution in [0, 0.1) is 5.92 Å². The van der Waals surface area contributed by atoms with Gasteiger partial charge in [-0.25, -0.2) is 0 Å². The van der Waals surface area contributed by atoms with Crippen LogP contribution in [0.2, 0.25) is 0 Å². The van der Waals surface area contributed by atoms with Crippen molar-refractivity contribution in [2.24, 2.45) is 5.92 Å². The van der Waals surface area contributed by atoms with Crippen molar-refractivity contribution < 1.29 is 9.47 Å². The lowest BCUT2D eigenvalue weighted by molar-refractivity contribution is -0.0618. The Morgan fingerprint density at radius 3 is 2.83 bits per heavy atom. The second-order valence-electron chi connectivity index (χ2n) is 3.51. The van der Waals surface area contributed by atoms with E-state index in [1.165, 1.54) is 6.42 Å². The summed E-state index contributed by atoms with van der Waals surface area (Å²) in [5, 5.41) is 0. The molecule has 0 aromatic carbocycles. The lowest BCUT2D eigenvalue weighted by Crippen LogP contribution is -2.27. The number of hydrogen-bond acceptors (Lipinski definition) is 2. The molecule has 1 aliphatic rings. The summed E-state index contributed by atoms with van der Waals surface area (Å²) in [6.07, 6.45) is 6.56. The van der Waals surface area contributed by atoms with Gasteiger partial charge in [0.05, 0.1) is 19.0 Å². The summed E-state index contributed by atoms with van der Waals surface area (Å²) in [5.74, 6) is 0.574. The molecule has 0 N–H and O–H groups in total. The molecule has 70 valence electrons. The quantitative estimate of drug-likeness (QED) is 0.466. The first-order valence-corrected chi connectivity index (χ1v) is 4.69. The lowest BCUT2D eigenvalue weighted by atomic mass is 10.1. The van der Waals surface area contributed by atoms with Crippen LogP contribution in [0.25, 0.3) is 0 Å². The minimum absolute atomic E-state index is 0.470. The highest BCUT2D eigenvalue weighted by Crippen LogP contribution is 2.14. The summed E-state index contributed by atoms with van der Waals surface area (Å²) in [7, 11) is 0. The van der Waals surface area contributed by atoms with Gasteiger partial charge in [0.25, 0.3) is 0 Å². The molecule has 0 amide bonds. The molecule has 0 aliphatic carbocycles. The highest BCUT2D eigenvalue weighted by Gasteiger charge is 2.16. The van der Waals surface area contributed by atoms with Gasteiger partial charge in [-0.3, -0.25) is 0 Å². The normalized spacial score (nSPS) is 23.1. The van der Waals surface area contributed by atoms with Crippen molar-refractivity contribution in [3.05, 3.63) is 12.3 Å². The van der Waals surface area contributed by atoms with Crippen molar-refractivity contribution in [3.8, 4) is 0 Å². The van der Waals surface area contributed by atoms with Crippen molar-refractivity contribution in [3.63, 3.8) is 0 Å². The van der Waals surface area contributed by atoms with E-state index in [-0.39, 0.29) is 0 Å². The van der Waals surface area contributed by atoms with Gasteiger partial charge in [-0.05, 0) is 18.4 Å². The van der Waals surface area contributed by atoms with Gasteiger partial charge < -0.3 is 9.47 Å². The Morgan fingerprint density at radius 1 is 1.58 bits per heavy atom. The summed E-state index contributed by atoms with van der Waals surface area (Å²) >= 11 is 0.